The summed E-state index contributed by atoms with van der Waals surface area (Å²) in [5.41, 5.74) is 8.30. The van der Waals surface area contributed by atoms with E-state index in [1.165, 1.54) is 13.8 Å². The Morgan fingerprint density at radius 3 is 2.62 bits per heavy atom. The molecule has 2 aliphatic heterocycles. The summed E-state index contributed by atoms with van der Waals surface area (Å²) in [5, 5.41) is 25.7. The van der Waals surface area contributed by atoms with Gasteiger partial charge in [-0.05, 0) is 37.3 Å². The molecule has 2 unspecified atom stereocenters. The SMILES string of the molecule is CC(=O)O[C@@H]1C[C@@H](OCc2ccccc2)[C@H](C(=O)O)[C@H]2[C@H]1OC(OC1CCCCO1)[C@@](C)(O)[C@@H]2N=[N+]=[N-]. The number of aliphatic carboxylic acids is 1. The molecule has 9 atom stereocenters. The van der Waals surface area contributed by atoms with E-state index in [-0.39, 0.29) is 13.0 Å². The Bertz CT molecular complexity index is 994. The first-order valence-corrected chi connectivity index (χ1v) is 12.5. The highest BCUT2D eigenvalue weighted by molar-refractivity contribution is 5.72. The van der Waals surface area contributed by atoms with Gasteiger partial charge < -0.3 is 33.9 Å². The second-order valence-electron chi connectivity index (χ2n) is 9.90. The van der Waals surface area contributed by atoms with E-state index in [1.807, 2.05) is 30.3 Å². The van der Waals surface area contributed by atoms with Crippen LogP contribution in [0.1, 0.15) is 45.1 Å². The van der Waals surface area contributed by atoms with Crippen LogP contribution in [-0.4, -0.2) is 71.3 Å². The van der Waals surface area contributed by atoms with Crippen molar-refractivity contribution < 1.29 is 43.5 Å². The first-order chi connectivity index (χ1) is 17.7. The lowest BCUT2D eigenvalue weighted by Gasteiger charge is -2.55. The van der Waals surface area contributed by atoms with Crippen LogP contribution in [0.4, 0.5) is 0 Å². The van der Waals surface area contributed by atoms with E-state index < -0.39 is 66.3 Å². The molecule has 4 rings (SSSR count). The number of benzene rings is 1. The molecule has 12 nitrogen and oxygen atoms in total. The molecule has 12 heteroatoms. The second kappa shape index (κ2) is 11.8. The lowest BCUT2D eigenvalue weighted by atomic mass is 9.65. The molecule has 0 aromatic heterocycles. The van der Waals surface area contributed by atoms with Gasteiger partial charge in [0.05, 0.1) is 24.7 Å². The Kier molecular flexibility index (Phi) is 8.68. The standard InChI is InChI=1S/C25H33N3O9/c1-14(29)35-17-12-16(34-13-15-8-4-3-5-9-15)19(23(30)31)20-21(17)37-24(25(2,32)22(20)27-28-26)36-18-10-6-7-11-33-18/h3-5,8-9,16-22,24,32H,6-7,10-13H2,1-2H3,(H,30,31)/t16-,17-,18?,19+,20+,21+,22-,24?,25+/m1/s1. The third kappa shape index (κ3) is 6.06. The van der Waals surface area contributed by atoms with Gasteiger partial charge in [-0.15, -0.1) is 0 Å². The first-order valence-electron chi connectivity index (χ1n) is 12.5. The lowest BCUT2D eigenvalue weighted by Crippen LogP contribution is -2.70. The number of ether oxygens (including phenoxy) is 5. The summed E-state index contributed by atoms with van der Waals surface area (Å²) in [5.74, 6) is -4.10. The Labute approximate surface area is 214 Å². The minimum atomic E-state index is -1.91. The summed E-state index contributed by atoms with van der Waals surface area (Å²) in [6.45, 7) is 3.23. The zero-order valence-electron chi connectivity index (χ0n) is 20.8. The van der Waals surface area contributed by atoms with Crippen molar-refractivity contribution in [2.24, 2.45) is 17.0 Å². The van der Waals surface area contributed by atoms with E-state index in [9.17, 15) is 25.3 Å². The molecule has 0 bridgehead atoms. The van der Waals surface area contributed by atoms with Gasteiger partial charge in [0.1, 0.15) is 17.8 Å². The highest BCUT2D eigenvalue weighted by atomic mass is 16.8. The van der Waals surface area contributed by atoms with Gasteiger partial charge in [-0.25, -0.2) is 0 Å². The maximum Gasteiger partial charge on any atom is 0.309 e. The fourth-order valence-corrected chi connectivity index (χ4v) is 5.55. The Morgan fingerprint density at radius 2 is 2.00 bits per heavy atom. The molecule has 3 aliphatic rings. The highest BCUT2D eigenvalue weighted by Gasteiger charge is 2.63. The minimum Gasteiger partial charge on any atom is -0.481 e. The number of carboxylic acid groups (broad SMARTS) is 1. The van der Waals surface area contributed by atoms with Crippen LogP contribution in [0, 0.1) is 11.8 Å². The number of azide groups is 1. The smallest absolute Gasteiger partial charge is 0.309 e. The van der Waals surface area contributed by atoms with Crippen molar-refractivity contribution in [1.29, 1.82) is 0 Å². The van der Waals surface area contributed by atoms with Gasteiger partial charge in [-0.1, -0.05) is 35.4 Å². The molecule has 0 amide bonds. The zero-order chi connectivity index (χ0) is 26.6. The number of hydrogen-bond donors (Lipinski definition) is 2. The summed E-state index contributed by atoms with van der Waals surface area (Å²) in [4.78, 5) is 27.5. The number of fused-ring (bicyclic) bond motifs is 1. The predicted molar refractivity (Wildman–Crippen MR) is 127 cm³/mol. The van der Waals surface area contributed by atoms with Gasteiger partial charge >= 0.3 is 11.9 Å². The maximum absolute atomic E-state index is 12.6. The van der Waals surface area contributed by atoms with Crippen LogP contribution in [0.5, 0.6) is 0 Å². The van der Waals surface area contributed by atoms with Gasteiger partial charge in [0.25, 0.3) is 0 Å². The van der Waals surface area contributed by atoms with Crippen molar-refractivity contribution in [2.75, 3.05) is 6.61 Å². The number of nitrogens with zero attached hydrogens (tertiary/aromatic N) is 3. The van der Waals surface area contributed by atoms with Gasteiger partial charge in [0, 0.05) is 30.8 Å². The van der Waals surface area contributed by atoms with Crippen LogP contribution < -0.4 is 0 Å². The normalized spacial score (nSPS) is 37.6. The van der Waals surface area contributed by atoms with Crippen LogP contribution in [-0.2, 0) is 39.9 Å². The average molecular weight is 520 g/mol. The van der Waals surface area contributed by atoms with Gasteiger partial charge in [-0.2, -0.15) is 0 Å². The molecular weight excluding hydrogens is 486 g/mol. The average Bonchev–Trinajstić information content (AvgIpc) is 2.86. The van der Waals surface area contributed by atoms with E-state index >= 15 is 0 Å². The number of carbonyl (C=O) groups excluding carboxylic acids is 1. The van der Waals surface area contributed by atoms with E-state index in [0.717, 1.165) is 18.4 Å². The monoisotopic (exact) mass is 519 g/mol. The molecule has 1 saturated carbocycles. The number of carboxylic acids is 1. The van der Waals surface area contributed by atoms with Crippen LogP contribution in [0.15, 0.2) is 35.4 Å². The van der Waals surface area contributed by atoms with Gasteiger partial charge in [-0.3, -0.25) is 9.59 Å². The topological polar surface area (TPSA) is 170 Å². The molecule has 0 spiro atoms. The molecular formula is C25H33N3O9. The summed E-state index contributed by atoms with van der Waals surface area (Å²) >= 11 is 0. The molecule has 2 N–H and O–H groups in total. The van der Waals surface area contributed by atoms with Gasteiger partial charge in [0.15, 0.2) is 12.6 Å². The summed E-state index contributed by atoms with van der Waals surface area (Å²) in [6, 6.07) is 7.94. The molecule has 1 aromatic carbocycles. The van der Waals surface area contributed by atoms with Crippen molar-refractivity contribution in [3.8, 4) is 0 Å². The van der Waals surface area contributed by atoms with E-state index in [2.05, 4.69) is 10.0 Å². The van der Waals surface area contributed by atoms with Crippen molar-refractivity contribution >= 4 is 11.9 Å². The maximum atomic E-state index is 12.6. The quantitative estimate of drug-likeness (QED) is 0.227. The second-order valence-corrected chi connectivity index (χ2v) is 9.90. The third-order valence-electron chi connectivity index (χ3n) is 7.25. The molecule has 0 radical (unpaired) electrons. The summed E-state index contributed by atoms with van der Waals surface area (Å²) in [7, 11) is 0. The molecule has 202 valence electrons. The van der Waals surface area contributed by atoms with Crippen LogP contribution in [0.25, 0.3) is 10.4 Å². The molecule has 2 saturated heterocycles. The van der Waals surface area contributed by atoms with Crippen LogP contribution >= 0.6 is 0 Å². The van der Waals surface area contributed by atoms with E-state index in [1.54, 1.807) is 0 Å². The Hall–Kier alpha value is -2.73. The molecule has 1 aliphatic carbocycles. The predicted octanol–water partition coefficient (Wildman–Crippen LogP) is 2.92. The number of esters is 1. The third-order valence-corrected chi connectivity index (χ3v) is 7.25. The Morgan fingerprint density at radius 1 is 1.24 bits per heavy atom. The molecule has 3 fully saturated rings. The van der Waals surface area contributed by atoms with E-state index in [0.29, 0.717) is 13.0 Å². The zero-order valence-corrected chi connectivity index (χ0v) is 20.8. The van der Waals surface area contributed by atoms with Crippen molar-refractivity contribution in [3.05, 3.63) is 46.3 Å². The summed E-state index contributed by atoms with van der Waals surface area (Å²) in [6.07, 6.45) is -2.49. The largest absolute Gasteiger partial charge is 0.481 e. The fourth-order valence-electron chi connectivity index (χ4n) is 5.55. The lowest BCUT2D eigenvalue weighted by molar-refractivity contribution is -0.361. The number of carbonyl (C=O) groups is 2. The fraction of sp³-hybridized carbons (Fsp3) is 0.680. The molecule has 1 aromatic rings. The van der Waals surface area contributed by atoms with Crippen LogP contribution in [0.2, 0.25) is 0 Å². The number of aliphatic hydroxyl groups is 1. The first kappa shape index (κ1) is 27.3. The highest BCUT2D eigenvalue weighted by Crippen LogP contribution is 2.48. The van der Waals surface area contributed by atoms with Gasteiger partial charge in [0.2, 0.25) is 0 Å². The van der Waals surface area contributed by atoms with E-state index in [4.69, 9.17) is 23.7 Å². The molecule has 37 heavy (non-hydrogen) atoms. The van der Waals surface area contributed by atoms with Crippen molar-refractivity contribution in [3.63, 3.8) is 0 Å². The van der Waals surface area contributed by atoms with Crippen molar-refractivity contribution in [1.82, 2.24) is 0 Å². The van der Waals surface area contributed by atoms with Crippen LogP contribution in [0.3, 0.4) is 0 Å². The minimum absolute atomic E-state index is 0.0301. The molecule has 2 heterocycles. The number of hydrogen-bond acceptors (Lipinski definition) is 9. The summed E-state index contributed by atoms with van der Waals surface area (Å²) < 4.78 is 29.4. The Balaban J connectivity index is 1.68. The van der Waals surface area contributed by atoms with Crippen molar-refractivity contribution in [2.45, 2.75) is 88.7 Å². The number of rotatable bonds is 8.